The average molecular weight is 428 g/mol. The first-order valence-electron chi connectivity index (χ1n) is 10.3. The summed E-state index contributed by atoms with van der Waals surface area (Å²) in [7, 11) is -3.67. The number of sulfonamides is 1. The highest BCUT2D eigenvalue weighted by Crippen LogP contribution is 2.29. The van der Waals surface area contributed by atoms with Crippen LogP contribution in [0.4, 0.5) is 0 Å². The topological polar surface area (TPSA) is 70.6 Å². The van der Waals surface area contributed by atoms with Gasteiger partial charge in [-0.1, -0.05) is 31.4 Å². The zero-order valence-electron chi connectivity index (χ0n) is 16.5. The minimum atomic E-state index is -3.67. The molecular weight excluding hydrogens is 398 g/mol. The zero-order valence-corrected chi connectivity index (χ0v) is 18.1. The Kier molecular flexibility index (Phi) is 7.34. The summed E-state index contributed by atoms with van der Waals surface area (Å²) in [6.45, 7) is 4.58. The van der Waals surface area contributed by atoms with Crippen LogP contribution in [-0.2, 0) is 14.8 Å². The van der Waals surface area contributed by atoms with Gasteiger partial charge in [-0.05, 0) is 50.2 Å². The molecule has 3 heterocycles. The summed E-state index contributed by atoms with van der Waals surface area (Å²) in [5.41, 5.74) is 0. The lowest BCUT2D eigenvalue weighted by Gasteiger charge is -2.33. The second kappa shape index (κ2) is 9.55. The van der Waals surface area contributed by atoms with E-state index >= 15 is 0 Å². The molecule has 2 saturated heterocycles. The highest BCUT2D eigenvalue weighted by molar-refractivity contribution is 7.89. The van der Waals surface area contributed by atoms with Crippen molar-refractivity contribution in [2.75, 3.05) is 26.2 Å². The third-order valence-electron chi connectivity index (χ3n) is 6.00. The number of rotatable bonds is 5. The van der Waals surface area contributed by atoms with Crippen molar-refractivity contribution in [1.29, 1.82) is 0 Å². The summed E-state index contributed by atoms with van der Waals surface area (Å²) in [5, 5.41) is -0.00750. The molecule has 1 atom stereocenters. The molecule has 0 bridgehead atoms. The number of likely N-dealkylation sites (tertiary alicyclic amines) is 1. The van der Waals surface area contributed by atoms with Crippen molar-refractivity contribution < 1.29 is 13.2 Å². The van der Waals surface area contributed by atoms with Crippen LogP contribution in [0.25, 0.3) is 0 Å². The third-order valence-corrected chi connectivity index (χ3v) is 8.35. The fourth-order valence-electron chi connectivity index (χ4n) is 4.39. The van der Waals surface area contributed by atoms with Gasteiger partial charge in [-0.3, -0.25) is 4.79 Å². The van der Waals surface area contributed by atoms with Gasteiger partial charge in [0, 0.05) is 38.3 Å². The quantitative estimate of drug-likeness (QED) is 0.673. The van der Waals surface area contributed by atoms with Crippen LogP contribution in [0.2, 0.25) is 5.15 Å². The van der Waals surface area contributed by atoms with Crippen LogP contribution in [0, 0.1) is 11.8 Å². The molecular formula is C20H30ClN3O3S. The van der Waals surface area contributed by atoms with Crippen LogP contribution >= 0.6 is 11.6 Å². The van der Waals surface area contributed by atoms with E-state index in [1.54, 1.807) is 6.07 Å². The lowest BCUT2D eigenvalue weighted by Crippen LogP contribution is -2.44. The van der Waals surface area contributed by atoms with Crippen LogP contribution in [0.15, 0.2) is 23.2 Å². The summed E-state index contributed by atoms with van der Waals surface area (Å²) in [5.74, 6) is 0.853. The summed E-state index contributed by atoms with van der Waals surface area (Å²) >= 11 is 5.98. The van der Waals surface area contributed by atoms with Crippen LogP contribution in [0.5, 0.6) is 0 Å². The second-order valence-electron chi connectivity index (χ2n) is 7.88. The van der Waals surface area contributed by atoms with Crippen molar-refractivity contribution in [2.45, 2.75) is 56.8 Å². The molecule has 2 aliphatic heterocycles. The molecule has 0 spiro atoms. The Balaban J connectivity index is 1.58. The summed E-state index contributed by atoms with van der Waals surface area (Å²) < 4.78 is 27.1. The zero-order chi connectivity index (χ0) is 20.1. The molecule has 6 nitrogen and oxygen atoms in total. The molecule has 0 N–H and O–H groups in total. The molecule has 0 radical (unpaired) electrons. The monoisotopic (exact) mass is 427 g/mol. The van der Waals surface area contributed by atoms with Gasteiger partial charge in [-0.15, -0.1) is 0 Å². The fraction of sp³-hybridized carbons (Fsp3) is 0.700. The van der Waals surface area contributed by atoms with Gasteiger partial charge in [0.15, 0.2) is 0 Å². The highest BCUT2D eigenvalue weighted by atomic mass is 35.5. The number of carbonyl (C=O) groups excluding carboxylic acids is 1. The molecule has 1 aromatic rings. The molecule has 2 fully saturated rings. The number of halogens is 1. The minimum Gasteiger partial charge on any atom is -0.342 e. The van der Waals surface area contributed by atoms with Gasteiger partial charge in [0.05, 0.1) is 0 Å². The Labute approximate surface area is 173 Å². The summed E-state index contributed by atoms with van der Waals surface area (Å²) in [4.78, 5) is 18.9. The van der Waals surface area contributed by atoms with Crippen LogP contribution in [0.1, 0.15) is 51.9 Å². The maximum absolute atomic E-state index is 13.0. The maximum atomic E-state index is 13.0. The van der Waals surface area contributed by atoms with Gasteiger partial charge in [0.2, 0.25) is 15.9 Å². The van der Waals surface area contributed by atoms with Gasteiger partial charge < -0.3 is 4.90 Å². The molecule has 1 aromatic heterocycles. The number of piperidine rings is 1. The van der Waals surface area contributed by atoms with Crippen molar-refractivity contribution in [1.82, 2.24) is 14.2 Å². The van der Waals surface area contributed by atoms with E-state index in [0.717, 1.165) is 31.8 Å². The van der Waals surface area contributed by atoms with Crippen LogP contribution in [-0.4, -0.2) is 54.7 Å². The van der Waals surface area contributed by atoms with Gasteiger partial charge in [0.1, 0.15) is 10.0 Å². The molecule has 1 amide bonds. The van der Waals surface area contributed by atoms with Gasteiger partial charge >= 0.3 is 0 Å². The van der Waals surface area contributed by atoms with E-state index in [0.29, 0.717) is 25.9 Å². The van der Waals surface area contributed by atoms with Gasteiger partial charge in [-0.25, -0.2) is 13.4 Å². The lowest BCUT2D eigenvalue weighted by molar-refractivity contribution is -0.136. The Bertz CT molecular complexity index is 779. The SMILES string of the molecule is CCCC1CCCN(C(=O)C2CCN(S(=O)(=O)c3cccnc3Cl)CC2)CC1. The number of nitrogens with zero attached hydrogens (tertiary/aromatic N) is 3. The van der Waals surface area contributed by atoms with Crippen molar-refractivity contribution in [3.8, 4) is 0 Å². The van der Waals surface area contributed by atoms with Crippen molar-refractivity contribution >= 4 is 27.5 Å². The van der Waals surface area contributed by atoms with Gasteiger partial charge in [0.25, 0.3) is 0 Å². The minimum absolute atomic E-state index is 0.00750. The van der Waals surface area contributed by atoms with E-state index in [-0.39, 0.29) is 21.9 Å². The summed E-state index contributed by atoms with van der Waals surface area (Å²) in [6.07, 6.45) is 8.41. The molecule has 2 aliphatic rings. The van der Waals surface area contributed by atoms with Crippen LogP contribution < -0.4 is 0 Å². The van der Waals surface area contributed by atoms with E-state index < -0.39 is 10.0 Å². The first-order valence-corrected chi connectivity index (χ1v) is 12.1. The molecule has 1 unspecified atom stereocenters. The van der Waals surface area contributed by atoms with E-state index in [9.17, 15) is 13.2 Å². The molecule has 0 saturated carbocycles. The standard InChI is InChI=1S/C20H30ClN3O3S/c1-2-5-16-6-4-12-23(13-8-16)20(25)17-9-14-24(15-10-17)28(26,27)18-7-3-11-22-19(18)21/h3,7,11,16-17H,2,4-6,8-10,12-15H2,1H3. The molecule has 0 aliphatic carbocycles. The average Bonchev–Trinajstić information content (AvgIpc) is 2.94. The smallest absolute Gasteiger partial charge is 0.246 e. The number of pyridine rings is 1. The number of aromatic nitrogens is 1. The second-order valence-corrected chi connectivity index (χ2v) is 10.1. The predicted octanol–water partition coefficient (Wildman–Crippen LogP) is 3.56. The molecule has 0 aromatic carbocycles. The Morgan fingerprint density at radius 1 is 1.18 bits per heavy atom. The number of carbonyl (C=O) groups is 1. The maximum Gasteiger partial charge on any atom is 0.246 e. The van der Waals surface area contributed by atoms with Gasteiger partial charge in [-0.2, -0.15) is 4.31 Å². The van der Waals surface area contributed by atoms with E-state index in [1.165, 1.54) is 35.8 Å². The first-order chi connectivity index (χ1) is 13.4. The first kappa shape index (κ1) is 21.5. The van der Waals surface area contributed by atoms with Crippen molar-refractivity contribution in [2.24, 2.45) is 11.8 Å². The number of hydrogen-bond donors (Lipinski definition) is 0. The molecule has 156 valence electrons. The number of hydrogen-bond acceptors (Lipinski definition) is 4. The highest BCUT2D eigenvalue weighted by Gasteiger charge is 2.35. The van der Waals surface area contributed by atoms with Crippen molar-refractivity contribution in [3.05, 3.63) is 23.5 Å². The fourth-order valence-corrected chi connectivity index (χ4v) is 6.28. The van der Waals surface area contributed by atoms with E-state index in [2.05, 4.69) is 11.9 Å². The molecule has 28 heavy (non-hydrogen) atoms. The normalized spacial score (nSPS) is 22.8. The molecule has 3 rings (SSSR count). The number of amides is 1. The van der Waals surface area contributed by atoms with Crippen LogP contribution in [0.3, 0.4) is 0 Å². The lowest BCUT2D eigenvalue weighted by atomic mass is 9.95. The molecule has 8 heteroatoms. The van der Waals surface area contributed by atoms with Crippen molar-refractivity contribution in [3.63, 3.8) is 0 Å². The van der Waals surface area contributed by atoms with E-state index in [4.69, 9.17) is 11.6 Å². The Hall–Kier alpha value is -1.18. The largest absolute Gasteiger partial charge is 0.342 e. The third kappa shape index (κ3) is 4.86. The Morgan fingerprint density at radius 3 is 2.61 bits per heavy atom. The summed E-state index contributed by atoms with van der Waals surface area (Å²) in [6, 6.07) is 3.05. The van der Waals surface area contributed by atoms with E-state index in [1.807, 2.05) is 4.90 Å². The Morgan fingerprint density at radius 2 is 1.93 bits per heavy atom. The predicted molar refractivity (Wildman–Crippen MR) is 110 cm³/mol.